The second-order valence-corrected chi connectivity index (χ2v) is 11.2. The van der Waals surface area contributed by atoms with Gasteiger partial charge in [0.2, 0.25) is 5.91 Å². The number of likely N-dealkylation sites (N-methyl/N-ethyl adjacent to an activating group) is 1. The molecule has 0 spiro atoms. The molecule has 0 bridgehead atoms. The summed E-state index contributed by atoms with van der Waals surface area (Å²) in [5.41, 5.74) is 3.10. The summed E-state index contributed by atoms with van der Waals surface area (Å²) < 4.78 is 6.26. The molecule has 1 amide bonds. The first-order valence-corrected chi connectivity index (χ1v) is 14.3. The average Bonchev–Trinajstić information content (AvgIpc) is 3.38. The third-order valence-electron chi connectivity index (χ3n) is 8.65. The van der Waals surface area contributed by atoms with Crippen LogP contribution in [0.5, 0.6) is 11.8 Å². The number of carbonyl (C=O) groups excluding carboxylic acids is 1. The van der Waals surface area contributed by atoms with Crippen molar-refractivity contribution in [3.05, 3.63) is 60.3 Å². The van der Waals surface area contributed by atoms with E-state index in [1.807, 2.05) is 29.2 Å². The number of benzene rings is 2. The van der Waals surface area contributed by atoms with Gasteiger partial charge in [-0.15, -0.1) is 0 Å². The van der Waals surface area contributed by atoms with Crippen molar-refractivity contribution in [1.29, 1.82) is 0 Å². The second-order valence-electron chi connectivity index (χ2n) is 11.2. The Morgan fingerprint density at radius 1 is 1.15 bits per heavy atom. The fourth-order valence-electron chi connectivity index (χ4n) is 6.41. The number of rotatable bonds is 6. The quantitative estimate of drug-likeness (QED) is 0.473. The monoisotopic (exact) mass is 542 g/mol. The topological polar surface area (TPSA) is 85.3 Å². The Labute approximate surface area is 235 Å². The number of piperazine rings is 1. The van der Waals surface area contributed by atoms with Gasteiger partial charge in [-0.05, 0) is 57.3 Å². The lowest BCUT2D eigenvalue weighted by molar-refractivity contribution is -0.128. The molecule has 0 aliphatic carbocycles. The summed E-state index contributed by atoms with van der Waals surface area (Å²) in [6, 6.07) is 12.6. The van der Waals surface area contributed by atoms with E-state index in [1.54, 1.807) is 6.07 Å². The van der Waals surface area contributed by atoms with Crippen molar-refractivity contribution >= 4 is 28.2 Å². The number of amides is 1. The minimum Gasteiger partial charge on any atom is -0.508 e. The van der Waals surface area contributed by atoms with Gasteiger partial charge >= 0.3 is 6.01 Å². The van der Waals surface area contributed by atoms with E-state index in [-0.39, 0.29) is 17.7 Å². The van der Waals surface area contributed by atoms with Crippen molar-refractivity contribution in [2.24, 2.45) is 0 Å². The number of aromatic hydroxyl groups is 1. The maximum absolute atomic E-state index is 12.3. The zero-order chi connectivity index (χ0) is 27.8. The maximum Gasteiger partial charge on any atom is 0.318 e. The molecule has 3 aromatic rings. The lowest BCUT2D eigenvalue weighted by atomic mass is 10.0. The van der Waals surface area contributed by atoms with Crippen LogP contribution in [0.1, 0.15) is 31.0 Å². The van der Waals surface area contributed by atoms with E-state index in [2.05, 4.69) is 41.3 Å². The van der Waals surface area contributed by atoms with Crippen LogP contribution >= 0.6 is 0 Å². The van der Waals surface area contributed by atoms with E-state index < -0.39 is 0 Å². The Kier molecular flexibility index (Phi) is 7.23. The largest absolute Gasteiger partial charge is 0.508 e. The molecular weight excluding hydrogens is 504 g/mol. The lowest BCUT2D eigenvalue weighted by Gasteiger charge is -2.41. The predicted octanol–water partition coefficient (Wildman–Crippen LogP) is 3.59. The first-order valence-electron chi connectivity index (χ1n) is 14.3. The molecule has 9 heteroatoms. The van der Waals surface area contributed by atoms with Crippen LogP contribution < -0.4 is 14.5 Å². The predicted molar refractivity (Wildman–Crippen MR) is 157 cm³/mol. The number of hydrogen-bond donors (Lipinski definition) is 1. The van der Waals surface area contributed by atoms with Gasteiger partial charge in [-0.25, -0.2) is 0 Å². The third kappa shape index (κ3) is 5.06. The van der Waals surface area contributed by atoms with E-state index >= 15 is 0 Å². The smallest absolute Gasteiger partial charge is 0.318 e. The lowest BCUT2D eigenvalue weighted by Crippen LogP contribution is -2.54. The zero-order valence-corrected chi connectivity index (χ0v) is 23.4. The van der Waals surface area contributed by atoms with Gasteiger partial charge in [-0.3, -0.25) is 4.79 Å². The van der Waals surface area contributed by atoms with Crippen molar-refractivity contribution in [3.63, 3.8) is 0 Å². The average molecular weight is 543 g/mol. The van der Waals surface area contributed by atoms with Crippen LogP contribution in [0.15, 0.2) is 49.1 Å². The Hall–Kier alpha value is -3.85. The van der Waals surface area contributed by atoms with Gasteiger partial charge in [0.05, 0.1) is 12.2 Å². The maximum atomic E-state index is 12.3. The Morgan fingerprint density at radius 3 is 2.77 bits per heavy atom. The standard InChI is InChI=1S/C31H38N6O3/c1-4-29(39)37-15-14-36(18-21(37)2)30-26-11-13-35(28-17-24(38)16-22-8-5-6-10-25(22)28)19-27(26)32-31(33-30)40-20-23-9-7-12-34(23)3/h4-6,8,10,16-17,21,23,38H,1,7,9,11-15,18-20H2,2-3H3/t21-,23+/m1/s1. The molecule has 2 atom stereocenters. The SMILES string of the molecule is C=CC(=O)N1CCN(c2nc(OC[C@@H]3CCCN3C)nc3c2CCN(c2cc(O)cc4ccccc24)C3)C[C@H]1C. The number of aromatic nitrogens is 2. The van der Waals surface area contributed by atoms with E-state index in [4.69, 9.17) is 14.7 Å². The van der Waals surface area contributed by atoms with Crippen LogP contribution in [0.25, 0.3) is 10.8 Å². The Bertz CT molecular complexity index is 1430. The summed E-state index contributed by atoms with van der Waals surface area (Å²) in [6.45, 7) is 10.8. The van der Waals surface area contributed by atoms with Gasteiger partial charge in [-0.2, -0.15) is 9.97 Å². The van der Waals surface area contributed by atoms with Crippen molar-refractivity contribution in [1.82, 2.24) is 19.8 Å². The molecule has 1 aromatic heterocycles. The highest BCUT2D eigenvalue weighted by Gasteiger charge is 2.32. The molecule has 2 aromatic carbocycles. The second kappa shape index (κ2) is 11.0. The fraction of sp³-hybridized carbons (Fsp3) is 0.452. The minimum absolute atomic E-state index is 0.0319. The molecule has 3 aliphatic heterocycles. The van der Waals surface area contributed by atoms with Gasteiger partial charge in [0.1, 0.15) is 18.2 Å². The molecule has 40 heavy (non-hydrogen) atoms. The molecular formula is C31H38N6O3. The number of hydrogen-bond acceptors (Lipinski definition) is 8. The molecule has 0 radical (unpaired) electrons. The van der Waals surface area contributed by atoms with Gasteiger partial charge in [-0.1, -0.05) is 30.8 Å². The molecule has 2 fully saturated rings. The van der Waals surface area contributed by atoms with Crippen molar-refractivity contribution in [3.8, 4) is 11.8 Å². The summed E-state index contributed by atoms with van der Waals surface area (Å²) in [6.07, 6.45) is 4.47. The first kappa shape index (κ1) is 26.4. The Morgan fingerprint density at radius 2 is 2.00 bits per heavy atom. The summed E-state index contributed by atoms with van der Waals surface area (Å²) in [5.74, 6) is 1.14. The Balaban J connectivity index is 1.33. The van der Waals surface area contributed by atoms with Crippen molar-refractivity contribution in [2.45, 2.75) is 44.8 Å². The molecule has 1 N–H and O–H groups in total. The minimum atomic E-state index is -0.0319. The van der Waals surface area contributed by atoms with Crippen LogP contribution in [0.4, 0.5) is 11.5 Å². The molecule has 4 heterocycles. The van der Waals surface area contributed by atoms with Gasteiger partial charge in [0.25, 0.3) is 0 Å². The molecule has 2 saturated heterocycles. The number of ether oxygens (including phenoxy) is 1. The van der Waals surface area contributed by atoms with Crippen LogP contribution in [0.3, 0.4) is 0 Å². The van der Waals surface area contributed by atoms with Gasteiger partial charge < -0.3 is 29.4 Å². The number of fused-ring (bicyclic) bond motifs is 2. The van der Waals surface area contributed by atoms with Crippen LogP contribution in [0, 0.1) is 0 Å². The molecule has 3 aliphatic rings. The normalized spacial score (nSPS) is 21.5. The number of anilines is 2. The summed E-state index contributed by atoms with van der Waals surface area (Å²) >= 11 is 0. The van der Waals surface area contributed by atoms with E-state index in [9.17, 15) is 9.90 Å². The molecule has 9 nitrogen and oxygen atoms in total. The van der Waals surface area contributed by atoms with E-state index in [0.29, 0.717) is 44.8 Å². The van der Waals surface area contributed by atoms with E-state index in [1.165, 1.54) is 12.5 Å². The van der Waals surface area contributed by atoms with Crippen LogP contribution in [-0.4, -0.2) is 89.2 Å². The molecule has 210 valence electrons. The van der Waals surface area contributed by atoms with E-state index in [0.717, 1.165) is 59.5 Å². The van der Waals surface area contributed by atoms with Crippen LogP contribution in [-0.2, 0) is 17.8 Å². The molecule has 0 unspecified atom stereocenters. The highest BCUT2D eigenvalue weighted by Crippen LogP contribution is 2.36. The van der Waals surface area contributed by atoms with Crippen LogP contribution in [0.2, 0.25) is 0 Å². The third-order valence-corrected chi connectivity index (χ3v) is 8.65. The summed E-state index contributed by atoms with van der Waals surface area (Å²) in [4.78, 5) is 31.1. The number of phenolic OH excluding ortho intramolecular Hbond substituents is 1. The zero-order valence-electron chi connectivity index (χ0n) is 23.4. The number of nitrogens with zero attached hydrogens (tertiary/aromatic N) is 6. The van der Waals surface area contributed by atoms with Crippen molar-refractivity contribution < 1.29 is 14.6 Å². The molecule has 6 rings (SSSR count). The fourth-order valence-corrected chi connectivity index (χ4v) is 6.41. The number of likely N-dealkylation sites (tertiary alicyclic amines) is 1. The molecule has 0 saturated carbocycles. The van der Waals surface area contributed by atoms with Crippen molar-refractivity contribution in [2.75, 3.05) is 56.2 Å². The highest BCUT2D eigenvalue weighted by atomic mass is 16.5. The van der Waals surface area contributed by atoms with Gasteiger partial charge in [0.15, 0.2) is 0 Å². The van der Waals surface area contributed by atoms with Gasteiger partial charge in [0, 0.05) is 61.0 Å². The summed E-state index contributed by atoms with van der Waals surface area (Å²) in [5, 5.41) is 12.6. The summed E-state index contributed by atoms with van der Waals surface area (Å²) in [7, 11) is 2.14. The number of phenols is 1. The highest BCUT2D eigenvalue weighted by molar-refractivity contribution is 5.95. The number of carbonyl (C=O) groups is 1. The first-order chi connectivity index (χ1) is 19.4.